The van der Waals surface area contributed by atoms with Gasteiger partial charge in [-0.05, 0) is 49.2 Å². The summed E-state index contributed by atoms with van der Waals surface area (Å²) in [5, 5.41) is 0. The van der Waals surface area contributed by atoms with Gasteiger partial charge in [-0.25, -0.2) is 4.39 Å². The highest BCUT2D eigenvalue weighted by Crippen LogP contribution is 2.21. The molecule has 1 aromatic heterocycles. The van der Waals surface area contributed by atoms with Crippen LogP contribution in [0, 0.1) is 11.7 Å². The lowest BCUT2D eigenvalue weighted by Gasteiger charge is -2.32. The third kappa shape index (κ3) is 4.87. The summed E-state index contributed by atoms with van der Waals surface area (Å²) in [5.41, 5.74) is 0. The fourth-order valence-corrected chi connectivity index (χ4v) is 3.14. The number of amides is 2. The zero-order valence-corrected chi connectivity index (χ0v) is 15.3. The summed E-state index contributed by atoms with van der Waals surface area (Å²) in [5.74, 6) is 0.416. The lowest BCUT2D eigenvalue weighted by atomic mass is 9.95. The summed E-state index contributed by atoms with van der Waals surface area (Å²) >= 11 is 0. The first-order valence-corrected chi connectivity index (χ1v) is 9.00. The molecular formula is C20H23FN2O4. The highest BCUT2D eigenvalue weighted by molar-refractivity contribution is 5.91. The molecule has 27 heavy (non-hydrogen) atoms. The van der Waals surface area contributed by atoms with Gasteiger partial charge in [0.1, 0.15) is 18.2 Å². The standard InChI is InChI=1S/C20H23FN2O4/c1-22(12-14-26-17-6-4-16(21)5-7-17)19(24)15-8-10-23(11-9-15)20(25)18-3-2-13-27-18/h2-7,13,15H,8-12,14H2,1H3. The van der Waals surface area contributed by atoms with Gasteiger partial charge in [-0.3, -0.25) is 9.59 Å². The first-order chi connectivity index (χ1) is 13.0. The molecule has 1 saturated heterocycles. The summed E-state index contributed by atoms with van der Waals surface area (Å²) in [7, 11) is 1.75. The molecule has 0 bridgehead atoms. The molecule has 7 heteroatoms. The Balaban J connectivity index is 1.41. The number of ether oxygens (including phenoxy) is 1. The van der Waals surface area contributed by atoms with Crippen molar-refractivity contribution < 1.29 is 23.1 Å². The minimum atomic E-state index is -0.313. The van der Waals surface area contributed by atoms with E-state index in [2.05, 4.69) is 0 Å². The van der Waals surface area contributed by atoms with Crippen molar-refractivity contribution in [1.29, 1.82) is 0 Å². The highest BCUT2D eigenvalue weighted by atomic mass is 19.1. The maximum Gasteiger partial charge on any atom is 0.289 e. The van der Waals surface area contributed by atoms with E-state index < -0.39 is 0 Å². The predicted molar refractivity (Wildman–Crippen MR) is 96.9 cm³/mol. The molecule has 2 amide bonds. The molecule has 2 aromatic rings. The average molecular weight is 374 g/mol. The van der Waals surface area contributed by atoms with Gasteiger partial charge in [0.2, 0.25) is 5.91 Å². The normalized spacial score (nSPS) is 14.8. The van der Waals surface area contributed by atoms with E-state index in [1.54, 1.807) is 41.1 Å². The van der Waals surface area contributed by atoms with E-state index in [-0.39, 0.29) is 23.5 Å². The van der Waals surface area contributed by atoms with Crippen LogP contribution < -0.4 is 4.74 Å². The average Bonchev–Trinajstić information content (AvgIpc) is 3.23. The summed E-state index contributed by atoms with van der Waals surface area (Å²) in [6.07, 6.45) is 2.75. The van der Waals surface area contributed by atoms with Gasteiger partial charge in [-0.1, -0.05) is 0 Å². The van der Waals surface area contributed by atoms with Gasteiger partial charge in [-0.2, -0.15) is 0 Å². The van der Waals surface area contributed by atoms with Crippen molar-refractivity contribution in [2.75, 3.05) is 33.3 Å². The van der Waals surface area contributed by atoms with E-state index in [0.29, 0.717) is 50.6 Å². The van der Waals surface area contributed by atoms with Crippen LogP contribution >= 0.6 is 0 Å². The summed E-state index contributed by atoms with van der Waals surface area (Å²) < 4.78 is 23.6. The zero-order chi connectivity index (χ0) is 19.2. The summed E-state index contributed by atoms with van der Waals surface area (Å²) in [4.78, 5) is 28.2. The van der Waals surface area contributed by atoms with Gasteiger partial charge in [0.25, 0.3) is 5.91 Å². The molecule has 3 rings (SSSR count). The number of hydrogen-bond acceptors (Lipinski definition) is 4. The fraction of sp³-hybridized carbons (Fsp3) is 0.400. The molecule has 0 atom stereocenters. The van der Waals surface area contributed by atoms with E-state index >= 15 is 0 Å². The van der Waals surface area contributed by atoms with Crippen molar-refractivity contribution in [3.05, 3.63) is 54.2 Å². The SMILES string of the molecule is CN(CCOc1ccc(F)cc1)C(=O)C1CCN(C(=O)c2ccco2)CC1. The zero-order valence-electron chi connectivity index (χ0n) is 15.3. The molecule has 0 radical (unpaired) electrons. The van der Waals surface area contributed by atoms with Gasteiger partial charge < -0.3 is 19.0 Å². The van der Waals surface area contributed by atoms with Crippen LogP contribution in [0.1, 0.15) is 23.4 Å². The predicted octanol–water partition coefficient (Wildman–Crippen LogP) is 2.81. The molecule has 1 aliphatic heterocycles. The molecule has 1 aliphatic rings. The Morgan fingerprint density at radius 3 is 2.56 bits per heavy atom. The molecule has 0 N–H and O–H groups in total. The minimum Gasteiger partial charge on any atom is -0.492 e. The fourth-order valence-electron chi connectivity index (χ4n) is 3.14. The van der Waals surface area contributed by atoms with E-state index in [1.807, 2.05) is 0 Å². The number of likely N-dealkylation sites (tertiary alicyclic amines) is 1. The van der Waals surface area contributed by atoms with E-state index in [1.165, 1.54) is 18.4 Å². The first-order valence-electron chi connectivity index (χ1n) is 9.00. The molecule has 0 spiro atoms. The molecule has 1 aromatic carbocycles. The number of halogens is 1. The molecular weight excluding hydrogens is 351 g/mol. The van der Waals surface area contributed by atoms with Crippen LogP contribution in [0.4, 0.5) is 4.39 Å². The van der Waals surface area contributed by atoms with Crippen LogP contribution in [-0.2, 0) is 4.79 Å². The van der Waals surface area contributed by atoms with Gasteiger partial charge in [0, 0.05) is 26.1 Å². The van der Waals surface area contributed by atoms with Crippen molar-refractivity contribution in [3.8, 4) is 5.75 Å². The lowest BCUT2D eigenvalue weighted by molar-refractivity contribution is -0.135. The highest BCUT2D eigenvalue weighted by Gasteiger charge is 2.30. The Kier molecular flexibility index (Phi) is 6.11. The van der Waals surface area contributed by atoms with Crippen molar-refractivity contribution in [1.82, 2.24) is 9.80 Å². The number of benzene rings is 1. The van der Waals surface area contributed by atoms with Gasteiger partial charge in [0.15, 0.2) is 5.76 Å². The number of likely N-dealkylation sites (N-methyl/N-ethyl adjacent to an activating group) is 1. The second-order valence-electron chi connectivity index (χ2n) is 6.61. The summed E-state index contributed by atoms with van der Waals surface area (Å²) in [6.45, 7) is 1.86. The number of rotatable bonds is 6. The molecule has 0 aliphatic carbocycles. The van der Waals surface area contributed by atoms with E-state index in [9.17, 15) is 14.0 Å². The van der Waals surface area contributed by atoms with Crippen molar-refractivity contribution >= 4 is 11.8 Å². The lowest BCUT2D eigenvalue weighted by Crippen LogP contribution is -2.44. The van der Waals surface area contributed by atoms with Crippen molar-refractivity contribution in [2.45, 2.75) is 12.8 Å². The summed E-state index contributed by atoms with van der Waals surface area (Å²) in [6, 6.07) is 9.12. The smallest absolute Gasteiger partial charge is 0.289 e. The number of piperidine rings is 1. The van der Waals surface area contributed by atoms with Gasteiger partial charge >= 0.3 is 0 Å². The van der Waals surface area contributed by atoms with Crippen molar-refractivity contribution in [3.63, 3.8) is 0 Å². The number of hydrogen-bond donors (Lipinski definition) is 0. The Labute approximate surface area is 157 Å². The number of nitrogens with zero attached hydrogens (tertiary/aromatic N) is 2. The topological polar surface area (TPSA) is 63.0 Å². The second kappa shape index (κ2) is 8.70. The van der Waals surface area contributed by atoms with Crippen LogP contribution in [0.3, 0.4) is 0 Å². The van der Waals surface area contributed by atoms with Crippen LogP contribution in [0.25, 0.3) is 0 Å². The second-order valence-corrected chi connectivity index (χ2v) is 6.61. The monoisotopic (exact) mass is 374 g/mol. The maximum atomic E-state index is 12.9. The molecule has 6 nitrogen and oxygen atoms in total. The van der Waals surface area contributed by atoms with Gasteiger partial charge in [0.05, 0.1) is 12.8 Å². The molecule has 0 unspecified atom stereocenters. The van der Waals surface area contributed by atoms with Crippen LogP contribution in [0.2, 0.25) is 0 Å². The molecule has 0 saturated carbocycles. The number of carbonyl (C=O) groups excluding carboxylic acids is 2. The molecule has 144 valence electrons. The molecule has 2 heterocycles. The minimum absolute atomic E-state index is 0.0582. The largest absolute Gasteiger partial charge is 0.492 e. The first kappa shape index (κ1) is 18.9. The van der Waals surface area contributed by atoms with Crippen LogP contribution in [0.5, 0.6) is 5.75 Å². The van der Waals surface area contributed by atoms with Crippen LogP contribution in [-0.4, -0.2) is 54.9 Å². The maximum absolute atomic E-state index is 12.9. The third-order valence-corrected chi connectivity index (χ3v) is 4.75. The quantitative estimate of drug-likeness (QED) is 0.780. The van der Waals surface area contributed by atoms with Crippen molar-refractivity contribution in [2.24, 2.45) is 5.92 Å². The Hall–Kier alpha value is -2.83. The third-order valence-electron chi connectivity index (χ3n) is 4.75. The Morgan fingerprint density at radius 2 is 1.93 bits per heavy atom. The number of carbonyl (C=O) groups is 2. The Morgan fingerprint density at radius 1 is 1.22 bits per heavy atom. The van der Waals surface area contributed by atoms with E-state index in [4.69, 9.17) is 9.15 Å². The van der Waals surface area contributed by atoms with Crippen LogP contribution in [0.15, 0.2) is 47.1 Å². The number of furan rings is 1. The van der Waals surface area contributed by atoms with Gasteiger partial charge in [-0.15, -0.1) is 0 Å². The Bertz CT molecular complexity index is 753. The molecule has 1 fully saturated rings. The van der Waals surface area contributed by atoms with E-state index in [0.717, 1.165) is 0 Å².